The number of thiophene rings is 2. The van der Waals surface area contributed by atoms with Crippen LogP contribution < -0.4 is 0 Å². The number of carbonyl (C=O) groups excluding carboxylic acids is 4. The molecule has 0 saturated heterocycles. The van der Waals surface area contributed by atoms with Gasteiger partial charge in [-0.05, 0) is 84.7 Å². The summed E-state index contributed by atoms with van der Waals surface area (Å²) in [4.78, 5) is 57.1. The second-order valence-corrected chi connectivity index (χ2v) is 12.6. The number of hydrogen-bond acceptors (Lipinski definition) is 6. The Kier molecular flexibility index (Phi) is 6.19. The van der Waals surface area contributed by atoms with E-state index in [-0.39, 0.29) is 33.4 Å². The lowest BCUT2D eigenvalue weighted by Gasteiger charge is -2.01. The van der Waals surface area contributed by atoms with Crippen LogP contribution in [0.3, 0.4) is 0 Å². The minimum atomic E-state index is -0.428. The smallest absolute Gasteiger partial charge is 0.197 e. The van der Waals surface area contributed by atoms with Crippen molar-refractivity contribution < 1.29 is 19.2 Å². The Bertz CT molecular complexity index is 1880. The highest BCUT2D eigenvalue weighted by molar-refractivity contribution is 7.16. The van der Waals surface area contributed by atoms with Gasteiger partial charge in [0.05, 0.1) is 11.1 Å². The number of allylic oxidation sites excluding steroid dienone is 2. The van der Waals surface area contributed by atoms with Crippen molar-refractivity contribution in [3.8, 4) is 20.9 Å². The summed E-state index contributed by atoms with van der Waals surface area (Å²) in [6.07, 6.45) is 3.22. The van der Waals surface area contributed by atoms with Gasteiger partial charge in [0.1, 0.15) is 0 Å². The minimum Gasteiger partial charge on any atom is -0.288 e. The van der Waals surface area contributed by atoms with Crippen molar-refractivity contribution in [2.75, 3.05) is 0 Å². The first-order valence-corrected chi connectivity index (χ1v) is 15.1. The van der Waals surface area contributed by atoms with E-state index in [0.29, 0.717) is 0 Å². The van der Waals surface area contributed by atoms with Crippen LogP contribution in [0.4, 0.5) is 0 Å². The standard InChI is InChI=1S/C36H22O4S2/c1-19-7-3-5-9-23(19)31-13-11-21(41-31)15-29-33(37)25-17-27-28(18-26(25)34(29)38)36(40)30(35(27)39)16-22-12-14-32(42-22)24-10-6-4-8-20(24)2/h3-18H,1-2H3. The molecule has 2 aliphatic carbocycles. The van der Waals surface area contributed by atoms with Crippen LogP contribution in [0.2, 0.25) is 0 Å². The molecule has 2 heterocycles. The Morgan fingerprint density at radius 2 is 0.810 bits per heavy atom. The maximum Gasteiger partial charge on any atom is 0.197 e. The van der Waals surface area contributed by atoms with E-state index in [1.165, 1.54) is 34.8 Å². The summed E-state index contributed by atoms with van der Waals surface area (Å²) in [6, 6.07) is 26.7. The van der Waals surface area contributed by atoms with Crippen molar-refractivity contribution in [1.29, 1.82) is 0 Å². The van der Waals surface area contributed by atoms with Crippen molar-refractivity contribution in [3.05, 3.63) is 139 Å². The van der Waals surface area contributed by atoms with E-state index in [0.717, 1.165) is 41.8 Å². The van der Waals surface area contributed by atoms with Crippen molar-refractivity contribution in [1.82, 2.24) is 0 Å². The largest absolute Gasteiger partial charge is 0.288 e. The fraction of sp³-hybridized carbons (Fsp3) is 0.0556. The summed E-state index contributed by atoms with van der Waals surface area (Å²) in [5.74, 6) is -1.71. The second kappa shape index (κ2) is 9.94. The van der Waals surface area contributed by atoms with Crippen LogP contribution in [-0.4, -0.2) is 23.1 Å². The lowest BCUT2D eigenvalue weighted by molar-refractivity contribution is 0.0978. The fourth-order valence-electron chi connectivity index (χ4n) is 5.53. The first kappa shape index (κ1) is 26.1. The molecular weight excluding hydrogens is 561 g/mol. The Balaban J connectivity index is 1.19. The molecule has 0 saturated carbocycles. The van der Waals surface area contributed by atoms with Crippen LogP contribution in [-0.2, 0) is 0 Å². The zero-order chi connectivity index (χ0) is 29.1. The molecule has 2 aliphatic rings. The van der Waals surface area contributed by atoms with Gasteiger partial charge >= 0.3 is 0 Å². The van der Waals surface area contributed by atoms with E-state index in [1.807, 2.05) is 86.6 Å². The summed E-state index contributed by atoms with van der Waals surface area (Å²) in [5, 5.41) is 0. The molecule has 0 fully saturated rings. The number of fused-ring (bicyclic) bond motifs is 2. The van der Waals surface area contributed by atoms with E-state index in [4.69, 9.17) is 0 Å². The predicted molar refractivity (Wildman–Crippen MR) is 169 cm³/mol. The Morgan fingerprint density at radius 1 is 0.452 bits per heavy atom. The number of hydrogen-bond donors (Lipinski definition) is 0. The highest BCUT2D eigenvalue weighted by Gasteiger charge is 2.40. The zero-order valence-corrected chi connectivity index (χ0v) is 24.3. The predicted octanol–water partition coefficient (Wildman–Crippen LogP) is 8.69. The van der Waals surface area contributed by atoms with Gasteiger partial charge in [-0.2, -0.15) is 0 Å². The van der Waals surface area contributed by atoms with Gasteiger partial charge in [0.25, 0.3) is 0 Å². The molecule has 0 radical (unpaired) electrons. The third-order valence-electron chi connectivity index (χ3n) is 7.76. The molecule has 0 aliphatic heterocycles. The molecule has 3 aromatic carbocycles. The molecule has 202 valence electrons. The first-order valence-electron chi connectivity index (χ1n) is 13.4. The molecule has 6 heteroatoms. The van der Waals surface area contributed by atoms with Crippen LogP contribution in [0.15, 0.2) is 96.1 Å². The third kappa shape index (κ3) is 4.19. The number of Topliss-reactive ketones (excluding diaryl/α,β-unsaturated/α-hetero) is 4. The van der Waals surface area contributed by atoms with Crippen molar-refractivity contribution in [3.63, 3.8) is 0 Å². The maximum atomic E-state index is 13.4. The van der Waals surface area contributed by atoms with Crippen LogP contribution in [0.1, 0.15) is 62.3 Å². The molecule has 0 spiro atoms. The molecule has 5 aromatic rings. The quantitative estimate of drug-likeness (QED) is 0.157. The van der Waals surface area contributed by atoms with Gasteiger partial charge in [0, 0.05) is 41.8 Å². The van der Waals surface area contributed by atoms with E-state index < -0.39 is 23.1 Å². The second-order valence-electron chi connectivity index (χ2n) is 10.4. The van der Waals surface area contributed by atoms with E-state index in [2.05, 4.69) is 0 Å². The summed E-state index contributed by atoms with van der Waals surface area (Å²) >= 11 is 3.00. The molecule has 2 aromatic heterocycles. The van der Waals surface area contributed by atoms with Crippen LogP contribution in [0, 0.1) is 13.8 Å². The zero-order valence-electron chi connectivity index (χ0n) is 22.7. The van der Waals surface area contributed by atoms with Crippen molar-refractivity contribution in [2.45, 2.75) is 13.8 Å². The number of aryl methyl sites for hydroxylation is 2. The molecule has 4 nitrogen and oxygen atoms in total. The van der Waals surface area contributed by atoms with E-state index >= 15 is 0 Å². The molecule has 0 amide bonds. The highest BCUT2D eigenvalue weighted by atomic mass is 32.1. The molecular formula is C36H22O4S2. The monoisotopic (exact) mass is 582 g/mol. The summed E-state index contributed by atoms with van der Waals surface area (Å²) < 4.78 is 0. The average Bonchev–Trinajstić information content (AvgIpc) is 3.75. The minimum absolute atomic E-state index is 0.0461. The molecule has 0 N–H and O–H groups in total. The highest BCUT2D eigenvalue weighted by Crippen LogP contribution is 2.38. The number of rotatable bonds is 4. The Morgan fingerprint density at radius 3 is 1.17 bits per heavy atom. The Labute approximate surface area is 250 Å². The third-order valence-corrected chi connectivity index (χ3v) is 9.89. The molecule has 42 heavy (non-hydrogen) atoms. The van der Waals surface area contributed by atoms with Gasteiger partial charge in [0.15, 0.2) is 23.1 Å². The molecule has 0 bridgehead atoms. The first-order chi connectivity index (χ1) is 20.3. The van der Waals surface area contributed by atoms with Crippen LogP contribution >= 0.6 is 22.7 Å². The van der Waals surface area contributed by atoms with Crippen LogP contribution in [0.5, 0.6) is 0 Å². The van der Waals surface area contributed by atoms with Gasteiger partial charge in [-0.25, -0.2) is 0 Å². The number of benzene rings is 3. The van der Waals surface area contributed by atoms with E-state index in [9.17, 15) is 19.2 Å². The van der Waals surface area contributed by atoms with Gasteiger partial charge in [-0.15, -0.1) is 22.7 Å². The maximum absolute atomic E-state index is 13.4. The van der Waals surface area contributed by atoms with E-state index in [1.54, 1.807) is 12.2 Å². The Hall–Kier alpha value is -4.78. The summed E-state index contributed by atoms with van der Waals surface area (Å²) in [6.45, 7) is 4.08. The normalized spacial score (nSPS) is 14.0. The fourth-order valence-corrected chi connectivity index (χ4v) is 7.62. The van der Waals surface area contributed by atoms with Gasteiger partial charge in [0.2, 0.25) is 0 Å². The summed E-state index contributed by atoms with van der Waals surface area (Å²) in [7, 11) is 0. The average molecular weight is 583 g/mol. The van der Waals surface area contributed by atoms with Crippen LogP contribution in [0.25, 0.3) is 33.0 Å². The number of carbonyl (C=O) groups is 4. The van der Waals surface area contributed by atoms with Gasteiger partial charge in [-0.1, -0.05) is 48.5 Å². The van der Waals surface area contributed by atoms with Crippen molar-refractivity contribution >= 4 is 58.0 Å². The molecule has 0 atom stereocenters. The SMILES string of the molecule is Cc1ccccc1-c1ccc(C=C2C(=O)c3cc4c(cc3C2=O)C(=O)C(=Cc2ccc(-c3ccccc3C)s2)C4=O)s1. The van der Waals surface area contributed by atoms with Gasteiger partial charge < -0.3 is 0 Å². The molecule has 0 unspecified atom stereocenters. The molecule has 7 rings (SSSR count). The topological polar surface area (TPSA) is 68.3 Å². The van der Waals surface area contributed by atoms with Crippen molar-refractivity contribution in [2.24, 2.45) is 0 Å². The summed E-state index contributed by atoms with van der Waals surface area (Å²) in [5.41, 5.74) is 5.25. The lowest BCUT2D eigenvalue weighted by atomic mass is 10.0. The number of ketones is 4. The lowest BCUT2D eigenvalue weighted by Crippen LogP contribution is -2.01. The van der Waals surface area contributed by atoms with Gasteiger partial charge in [-0.3, -0.25) is 19.2 Å².